The van der Waals surface area contributed by atoms with Gasteiger partial charge >= 0.3 is 0 Å². The van der Waals surface area contributed by atoms with Crippen molar-refractivity contribution in [3.63, 3.8) is 0 Å². The van der Waals surface area contributed by atoms with Crippen LogP contribution in [-0.4, -0.2) is 98.7 Å². The molecule has 10 heteroatoms. The zero-order chi connectivity index (χ0) is 48.8. The van der Waals surface area contributed by atoms with Crippen molar-refractivity contribution in [1.29, 1.82) is 0 Å². The summed E-state index contributed by atoms with van der Waals surface area (Å²) in [7, 11) is 0. The zero-order valence-electron chi connectivity index (χ0n) is 43.0. The van der Waals surface area contributed by atoms with Gasteiger partial charge in [0.05, 0.1) is 25.4 Å². The SMILES string of the molecule is CCCCCC/C=C/CC/C=C/CC/C=C/C(O)C(COC1OC(CO)C(O)C(O)C1O)NC(=O)C(O)CCCCCCCCCCCCCC/C=C\CCCCCCCCCCCCCC. The van der Waals surface area contributed by atoms with Crippen LogP contribution in [0.5, 0.6) is 0 Å². The van der Waals surface area contributed by atoms with Gasteiger partial charge in [-0.2, -0.15) is 0 Å². The normalized spacial score (nSPS) is 20.5. The summed E-state index contributed by atoms with van der Waals surface area (Å²) in [6.07, 6.45) is 50.8. The summed E-state index contributed by atoms with van der Waals surface area (Å²) < 4.78 is 11.1. The van der Waals surface area contributed by atoms with Crippen LogP contribution in [0.15, 0.2) is 48.6 Å². The highest BCUT2D eigenvalue weighted by Gasteiger charge is 2.44. The molecule has 1 aliphatic heterocycles. The number of allylic oxidation sites excluding steroid dienone is 7. The van der Waals surface area contributed by atoms with Gasteiger partial charge < -0.3 is 45.4 Å². The average Bonchev–Trinajstić information content (AvgIpc) is 3.33. The minimum absolute atomic E-state index is 0.300. The second kappa shape index (κ2) is 46.5. The molecule has 0 saturated carbocycles. The Bertz CT molecular complexity index is 1210. The molecule has 0 aromatic rings. The van der Waals surface area contributed by atoms with Crippen LogP contribution in [0.1, 0.15) is 245 Å². The summed E-state index contributed by atoms with van der Waals surface area (Å²) in [5.41, 5.74) is 0. The Kier molecular flexibility index (Phi) is 43.8. The smallest absolute Gasteiger partial charge is 0.249 e. The maximum Gasteiger partial charge on any atom is 0.249 e. The van der Waals surface area contributed by atoms with E-state index >= 15 is 0 Å². The number of nitrogens with one attached hydrogen (secondary N) is 1. The number of aliphatic hydroxyl groups excluding tert-OH is 6. The van der Waals surface area contributed by atoms with E-state index in [1.807, 2.05) is 6.08 Å². The molecule has 1 saturated heterocycles. The number of ether oxygens (including phenoxy) is 2. The summed E-state index contributed by atoms with van der Waals surface area (Å²) in [6.45, 7) is 3.58. The van der Waals surface area contributed by atoms with E-state index in [-0.39, 0.29) is 6.61 Å². The number of hydrogen-bond donors (Lipinski definition) is 7. The fraction of sp³-hybridized carbons (Fsp3) is 0.842. The Balaban J connectivity index is 2.24. The molecule has 392 valence electrons. The molecular weight excluding hydrogens is 843 g/mol. The van der Waals surface area contributed by atoms with E-state index in [9.17, 15) is 35.4 Å². The van der Waals surface area contributed by atoms with Gasteiger partial charge in [0.2, 0.25) is 5.91 Å². The van der Waals surface area contributed by atoms with Crippen molar-refractivity contribution in [3.05, 3.63) is 48.6 Å². The predicted molar refractivity (Wildman–Crippen MR) is 278 cm³/mol. The van der Waals surface area contributed by atoms with Crippen LogP contribution in [0.2, 0.25) is 0 Å². The van der Waals surface area contributed by atoms with E-state index in [0.29, 0.717) is 19.3 Å². The molecule has 0 aliphatic carbocycles. The molecule has 0 aromatic heterocycles. The fourth-order valence-electron chi connectivity index (χ4n) is 8.66. The molecule has 1 heterocycles. The van der Waals surface area contributed by atoms with E-state index in [0.717, 1.165) is 44.9 Å². The standard InChI is InChI=1S/C57H105NO9/c1-3-5-7-9-11-13-15-17-19-20-21-22-23-24-25-26-27-28-29-30-31-32-34-36-38-40-42-44-46-51(61)56(65)58-49(48-66-57-55(64)54(63)53(62)52(47-59)67-57)50(60)45-43-41-39-37-35-33-18-16-14-12-10-8-6-4-2/h14,16,24-25,35,37,43,45,49-55,57,59-64H,3-13,15,17-23,26-34,36,38-42,44,46-48H2,1-2H3,(H,58,65)/b16-14+,25-24-,37-35+,45-43+. The maximum absolute atomic E-state index is 13.1. The molecule has 1 amide bonds. The third-order valence-corrected chi connectivity index (χ3v) is 13.2. The molecule has 0 bridgehead atoms. The van der Waals surface area contributed by atoms with E-state index in [2.05, 4.69) is 55.6 Å². The molecule has 10 nitrogen and oxygen atoms in total. The van der Waals surface area contributed by atoms with Crippen molar-refractivity contribution in [2.75, 3.05) is 13.2 Å². The molecule has 0 radical (unpaired) electrons. The third-order valence-electron chi connectivity index (χ3n) is 13.2. The maximum atomic E-state index is 13.1. The number of amides is 1. The first-order valence-electron chi connectivity index (χ1n) is 28.0. The van der Waals surface area contributed by atoms with Gasteiger partial charge in [-0.15, -0.1) is 0 Å². The topological polar surface area (TPSA) is 169 Å². The summed E-state index contributed by atoms with van der Waals surface area (Å²) in [6, 6.07) is -1.00. The highest BCUT2D eigenvalue weighted by atomic mass is 16.7. The van der Waals surface area contributed by atoms with Crippen LogP contribution in [0.3, 0.4) is 0 Å². The number of aliphatic hydroxyl groups is 6. The van der Waals surface area contributed by atoms with Gasteiger partial charge in [0.25, 0.3) is 0 Å². The van der Waals surface area contributed by atoms with Gasteiger partial charge in [-0.25, -0.2) is 0 Å². The molecule has 0 aromatic carbocycles. The lowest BCUT2D eigenvalue weighted by atomic mass is 9.99. The number of carbonyl (C=O) groups excluding carboxylic acids is 1. The summed E-state index contributed by atoms with van der Waals surface area (Å²) in [5.74, 6) is -0.630. The molecule has 67 heavy (non-hydrogen) atoms. The Hall–Kier alpha value is -1.89. The Labute approximate surface area is 410 Å². The fourth-order valence-corrected chi connectivity index (χ4v) is 8.66. The molecule has 8 unspecified atom stereocenters. The third kappa shape index (κ3) is 35.8. The van der Waals surface area contributed by atoms with Gasteiger partial charge in [-0.05, 0) is 70.6 Å². The minimum Gasteiger partial charge on any atom is -0.394 e. The summed E-state index contributed by atoms with van der Waals surface area (Å²) in [4.78, 5) is 13.1. The van der Waals surface area contributed by atoms with Crippen LogP contribution in [0.4, 0.5) is 0 Å². The van der Waals surface area contributed by atoms with Gasteiger partial charge in [0, 0.05) is 0 Å². The van der Waals surface area contributed by atoms with Crippen molar-refractivity contribution in [3.8, 4) is 0 Å². The quantitative estimate of drug-likeness (QED) is 0.0232. The molecule has 1 aliphatic rings. The van der Waals surface area contributed by atoms with Gasteiger partial charge in [0.15, 0.2) is 6.29 Å². The van der Waals surface area contributed by atoms with Crippen molar-refractivity contribution in [2.45, 2.75) is 294 Å². The van der Waals surface area contributed by atoms with Gasteiger partial charge in [-0.1, -0.05) is 223 Å². The summed E-state index contributed by atoms with van der Waals surface area (Å²) >= 11 is 0. The van der Waals surface area contributed by atoms with Crippen molar-refractivity contribution in [1.82, 2.24) is 5.32 Å². The highest BCUT2D eigenvalue weighted by Crippen LogP contribution is 2.23. The van der Waals surface area contributed by atoms with Crippen LogP contribution in [-0.2, 0) is 14.3 Å². The first-order valence-corrected chi connectivity index (χ1v) is 28.0. The van der Waals surface area contributed by atoms with Gasteiger partial charge in [0.1, 0.15) is 30.5 Å². The van der Waals surface area contributed by atoms with Gasteiger partial charge in [-0.3, -0.25) is 4.79 Å². The molecule has 0 spiro atoms. The molecule has 7 N–H and O–H groups in total. The number of rotatable bonds is 47. The van der Waals surface area contributed by atoms with Crippen molar-refractivity contribution in [2.24, 2.45) is 0 Å². The molecule has 1 fully saturated rings. The first-order chi connectivity index (χ1) is 32.8. The highest BCUT2D eigenvalue weighted by molar-refractivity contribution is 5.80. The lowest BCUT2D eigenvalue weighted by Gasteiger charge is -2.40. The lowest BCUT2D eigenvalue weighted by molar-refractivity contribution is -0.302. The van der Waals surface area contributed by atoms with E-state index < -0.39 is 61.5 Å². The van der Waals surface area contributed by atoms with E-state index in [1.165, 1.54) is 167 Å². The van der Waals surface area contributed by atoms with E-state index in [4.69, 9.17) is 9.47 Å². The molecule has 8 atom stereocenters. The monoisotopic (exact) mass is 948 g/mol. The Morgan fingerprint density at radius 1 is 0.507 bits per heavy atom. The first kappa shape index (κ1) is 63.1. The summed E-state index contributed by atoms with van der Waals surface area (Å²) in [5, 5.41) is 64.8. The number of hydrogen-bond acceptors (Lipinski definition) is 9. The second-order valence-corrected chi connectivity index (χ2v) is 19.5. The number of unbranched alkanes of at least 4 members (excludes halogenated alkanes) is 30. The van der Waals surface area contributed by atoms with Crippen LogP contribution < -0.4 is 5.32 Å². The largest absolute Gasteiger partial charge is 0.394 e. The van der Waals surface area contributed by atoms with Crippen LogP contribution in [0.25, 0.3) is 0 Å². The molecular formula is C57H105NO9. The van der Waals surface area contributed by atoms with Crippen molar-refractivity contribution < 1.29 is 44.9 Å². The predicted octanol–water partition coefficient (Wildman–Crippen LogP) is 12.3. The zero-order valence-corrected chi connectivity index (χ0v) is 43.0. The van der Waals surface area contributed by atoms with E-state index in [1.54, 1.807) is 6.08 Å². The minimum atomic E-state index is -1.62. The Morgan fingerprint density at radius 2 is 0.881 bits per heavy atom. The van der Waals surface area contributed by atoms with Crippen LogP contribution >= 0.6 is 0 Å². The second-order valence-electron chi connectivity index (χ2n) is 19.5. The average molecular weight is 948 g/mol. The lowest BCUT2D eigenvalue weighted by Crippen LogP contribution is -2.60. The molecule has 1 rings (SSSR count). The van der Waals surface area contributed by atoms with Crippen LogP contribution in [0, 0.1) is 0 Å². The number of carbonyl (C=O) groups is 1. The van der Waals surface area contributed by atoms with Crippen molar-refractivity contribution >= 4 is 5.91 Å². The Morgan fingerprint density at radius 3 is 1.31 bits per heavy atom.